The third-order valence-electron chi connectivity index (χ3n) is 3.87. The molecule has 82 valence electrons. The van der Waals surface area contributed by atoms with Crippen LogP contribution in [0.25, 0.3) is 0 Å². The van der Waals surface area contributed by atoms with Crippen molar-refractivity contribution in [2.75, 3.05) is 6.54 Å². The Balaban J connectivity index is 1.69. The van der Waals surface area contributed by atoms with Crippen molar-refractivity contribution in [2.24, 2.45) is 17.3 Å². The van der Waals surface area contributed by atoms with Crippen molar-refractivity contribution in [1.82, 2.24) is 5.32 Å². The molecular formula is C13H25N. The molecule has 2 aliphatic carbocycles. The van der Waals surface area contributed by atoms with Crippen LogP contribution in [-0.2, 0) is 0 Å². The van der Waals surface area contributed by atoms with Gasteiger partial charge in [0.1, 0.15) is 0 Å². The van der Waals surface area contributed by atoms with Gasteiger partial charge in [-0.25, -0.2) is 0 Å². The molecule has 1 nitrogen and oxygen atoms in total. The molecule has 2 rings (SSSR count). The minimum atomic E-state index is 0.295. The molecule has 2 saturated carbocycles. The fraction of sp³-hybridized carbons (Fsp3) is 1.00. The van der Waals surface area contributed by atoms with E-state index in [1.54, 1.807) is 0 Å². The van der Waals surface area contributed by atoms with Crippen LogP contribution in [0.2, 0.25) is 0 Å². The Hall–Kier alpha value is -0.0400. The van der Waals surface area contributed by atoms with E-state index in [-0.39, 0.29) is 0 Å². The fourth-order valence-electron chi connectivity index (χ4n) is 2.48. The molecule has 0 heterocycles. The number of hydrogen-bond donors (Lipinski definition) is 1. The number of hydrogen-bond acceptors (Lipinski definition) is 1. The predicted molar refractivity (Wildman–Crippen MR) is 61.3 cm³/mol. The molecule has 0 amide bonds. The van der Waals surface area contributed by atoms with Gasteiger partial charge in [-0.3, -0.25) is 0 Å². The van der Waals surface area contributed by atoms with Crippen molar-refractivity contribution in [3.8, 4) is 0 Å². The fourth-order valence-corrected chi connectivity index (χ4v) is 2.48. The Morgan fingerprint density at radius 1 is 1.29 bits per heavy atom. The average molecular weight is 195 g/mol. The zero-order valence-electron chi connectivity index (χ0n) is 10.2. The molecule has 0 radical (unpaired) electrons. The molecule has 0 aromatic rings. The van der Waals surface area contributed by atoms with Crippen LogP contribution in [0, 0.1) is 17.3 Å². The SMILES string of the molecule is CC(C)(C)NCC1CC1(C)CC1CC1. The van der Waals surface area contributed by atoms with Crippen molar-refractivity contribution >= 4 is 0 Å². The number of nitrogens with one attached hydrogen (secondary N) is 1. The summed E-state index contributed by atoms with van der Waals surface area (Å²) in [5.41, 5.74) is 1.00. The summed E-state index contributed by atoms with van der Waals surface area (Å²) in [6, 6.07) is 0. The first-order valence-corrected chi connectivity index (χ1v) is 6.14. The standard InChI is InChI=1S/C13H25N/c1-12(2,3)14-9-11-8-13(11,4)7-10-5-6-10/h10-11,14H,5-9H2,1-4H3. The van der Waals surface area contributed by atoms with Crippen LogP contribution in [0.1, 0.15) is 53.4 Å². The minimum Gasteiger partial charge on any atom is -0.312 e. The van der Waals surface area contributed by atoms with E-state index in [1.165, 1.54) is 32.2 Å². The van der Waals surface area contributed by atoms with Crippen molar-refractivity contribution < 1.29 is 0 Å². The zero-order valence-corrected chi connectivity index (χ0v) is 10.2. The summed E-state index contributed by atoms with van der Waals surface area (Å²) < 4.78 is 0. The lowest BCUT2D eigenvalue weighted by atomic mass is 9.98. The summed E-state index contributed by atoms with van der Waals surface area (Å²) in [6.07, 6.45) is 5.99. The van der Waals surface area contributed by atoms with E-state index >= 15 is 0 Å². The van der Waals surface area contributed by atoms with Crippen LogP contribution in [0.4, 0.5) is 0 Å². The van der Waals surface area contributed by atoms with Gasteiger partial charge < -0.3 is 5.32 Å². The largest absolute Gasteiger partial charge is 0.312 e. The quantitative estimate of drug-likeness (QED) is 0.726. The van der Waals surface area contributed by atoms with Crippen LogP contribution < -0.4 is 5.32 Å². The maximum Gasteiger partial charge on any atom is 0.00966 e. The first-order chi connectivity index (χ1) is 6.39. The molecule has 0 aromatic carbocycles. The molecule has 2 aliphatic rings. The van der Waals surface area contributed by atoms with Crippen LogP contribution in [0.5, 0.6) is 0 Å². The molecule has 1 heteroatoms. The van der Waals surface area contributed by atoms with Gasteiger partial charge >= 0.3 is 0 Å². The Bertz CT molecular complexity index is 212. The van der Waals surface area contributed by atoms with Crippen LogP contribution in [0.15, 0.2) is 0 Å². The molecule has 1 N–H and O–H groups in total. The van der Waals surface area contributed by atoms with Crippen LogP contribution in [-0.4, -0.2) is 12.1 Å². The Labute approximate surface area is 88.7 Å². The average Bonchev–Trinajstić information content (AvgIpc) is 2.87. The highest BCUT2D eigenvalue weighted by Crippen LogP contribution is 2.59. The number of rotatable bonds is 4. The van der Waals surface area contributed by atoms with E-state index in [1.807, 2.05) is 0 Å². The first-order valence-electron chi connectivity index (χ1n) is 6.14. The molecular weight excluding hydrogens is 170 g/mol. The molecule has 0 saturated heterocycles. The van der Waals surface area contributed by atoms with Crippen molar-refractivity contribution in [2.45, 2.75) is 58.9 Å². The lowest BCUT2D eigenvalue weighted by Gasteiger charge is -2.21. The maximum atomic E-state index is 3.63. The third kappa shape index (κ3) is 2.73. The summed E-state index contributed by atoms with van der Waals surface area (Å²) in [6.45, 7) is 10.5. The molecule has 2 unspecified atom stereocenters. The van der Waals surface area contributed by atoms with Gasteiger partial charge in [-0.05, 0) is 57.4 Å². The molecule has 14 heavy (non-hydrogen) atoms. The molecule has 0 aromatic heterocycles. The molecule has 2 fully saturated rings. The topological polar surface area (TPSA) is 12.0 Å². The second-order valence-corrected chi connectivity index (χ2v) is 6.83. The highest BCUT2D eigenvalue weighted by atomic mass is 15.0. The third-order valence-corrected chi connectivity index (χ3v) is 3.87. The first kappa shape index (κ1) is 10.5. The molecule has 0 spiro atoms. The van der Waals surface area contributed by atoms with E-state index in [0.717, 1.165) is 11.8 Å². The van der Waals surface area contributed by atoms with Crippen LogP contribution >= 0.6 is 0 Å². The van der Waals surface area contributed by atoms with Crippen molar-refractivity contribution in [3.05, 3.63) is 0 Å². The Morgan fingerprint density at radius 2 is 1.93 bits per heavy atom. The van der Waals surface area contributed by atoms with Gasteiger partial charge in [0.2, 0.25) is 0 Å². The van der Waals surface area contributed by atoms with E-state index in [9.17, 15) is 0 Å². The second kappa shape index (κ2) is 3.23. The van der Waals surface area contributed by atoms with Gasteiger partial charge in [-0.2, -0.15) is 0 Å². The Kier molecular flexibility index (Phi) is 2.42. The van der Waals surface area contributed by atoms with Crippen LogP contribution in [0.3, 0.4) is 0 Å². The van der Waals surface area contributed by atoms with Gasteiger partial charge in [0.15, 0.2) is 0 Å². The summed E-state index contributed by atoms with van der Waals surface area (Å²) in [4.78, 5) is 0. The van der Waals surface area contributed by atoms with Gasteiger partial charge in [-0.1, -0.05) is 19.8 Å². The highest BCUT2D eigenvalue weighted by Gasteiger charge is 2.51. The van der Waals surface area contributed by atoms with Crippen molar-refractivity contribution in [3.63, 3.8) is 0 Å². The predicted octanol–water partition coefficient (Wildman–Crippen LogP) is 3.20. The van der Waals surface area contributed by atoms with Crippen molar-refractivity contribution in [1.29, 1.82) is 0 Å². The van der Waals surface area contributed by atoms with Gasteiger partial charge in [-0.15, -0.1) is 0 Å². The summed E-state index contributed by atoms with van der Waals surface area (Å²) >= 11 is 0. The van der Waals surface area contributed by atoms with E-state index in [0.29, 0.717) is 11.0 Å². The molecule has 0 bridgehead atoms. The summed E-state index contributed by atoms with van der Waals surface area (Å²) in [7, 11) is 0. The summed E-state index contributed by atoms with van der Waals surface area (Å²) in [5, 5.41) is 3.63. The van der Waals surface area contributed by atoms with Gasteiger partial charge in [0.25, 0.3) is 0 Å². The maximum absolute atomic E-state index is 3.63. The van der Waals surface area contributed by atoms with Gasteiger partial charge in [0, 0.05) is 5.54 Å². The Morgan fingerprint density at radius 3 is 2.43 bits per heavy atom. The van der Waals surface area contributed by atoms with E-state index in [2.05, 4.69) is 33.0 Å². The molecule has 0 aliphatic heterocycles. The van der Waals surface area contributed by atoms with E-state index in [4.69, 9.17) is 0 Å². The highest BCUT2D eigenvalue weighted by molar-refractivity contribution is 5.02. The minimum absolute atomic E-state index is 0.295. The zero-order chi connectivity index (χ0) is 10.4. The lowest BCUT2D eigenvalue weighted by molar-refractivity contribution is 0.370. The monoisotopic (exact) mass is 195 g/mol. The second-order valence-electron chi connectivity index (χ2n) is 6.83. The normalized spacial score (nSPS) is 37.3. The lowest BCUT2D eigenvalue weighted by Crippen LogP contribution is -2.37. The smallest absolute Gasteiger partial charge is 0.00966 e. The van der Waals surface area contributed by atoms with E-state index < -0.39 is 0 Å². The molecule has 2 atom stereocenters. The van der Waals surface area contributed by atoms with Gasteiger partial charge in [0.05, 0.1) is 0 Å². The summed E-state index contributed by atoms with van der Waals surface area (Å²) in [5.74, 6) is 2.06.